The molecule has 1 aromatic heterocycles. The molecule has 2 nitrogen and oxygen atoms in total. The second-order valence-electron chi connectivity index (χ2n) is 3.50. The number of aromatic nitrogens is 1. The summed E-state index contributed by atoms with van der Waals surface area (Å²) in [7, 11) is 0. The summed E-state index contributed by atoms with van der Waals surface area (Å²) in [6.45, 7) is 0.727. The summed E-state index contributed by atoms with van der Waals surface area (Å²) in [5.41, 5.74) is 7.88. The number of fused-ring (bicyclic) bond motifs is 1. The summed E-state index contributed by atoms with van der Waals surface area (Å²) in [5.74, 6) is 0. The summed E-state index contributed by atoms with van der Waals surface area (Å²) in [5, 5.41) is 1.17. The van der Waals surface area contributed by atoms with E-state index in [1.165, 1.54) is 10.9 Å². The zero-order valence-electron chi connectivity index (χ0n) is 8.41. The van der Waals surface area contributed by atoms with Crippen LogP contribution < -0.4 is 5.73 Å². The lowest BCUT2D eigenvalue weighted by atomic mass is 10.1. The molecule has 0 fully saturated rings. The zero-order chi connectivity index (χ0) is 10.7. The first-order valence-electron chi connectivity index (χ1n) is 5.05. The van der Waals surface area contributed by atoms with Gasteiger partial charge < -0.3 is 5.73 Å². The molecule has 0 amide bonds. The number of nitrogens with zero attached hydrogens (tertiary/aromatic N) is 1. The Morgan fingerprint density at radius 1 is 1.27 bits per heavy atom. The highest BCUT2D eigenvalue weighted by Crippen LogP contribution is 2.25. The fourth-order valence-corrected chi connectivity index (χ4v) is 2.14. The van der Waals surface area contributed by atoms with Gasteiger partial charge in [-0.3, -0.25) is 4.98 Å². The highest BCUT2D eigenvalue weighted by molar-refractivity contribution is 9.10. The molecule has 0 aliphatic carbocycles. The van der Waals surface area contributed by atoms with Gasteiger partial charge in [-0.1, -0.05) is 28.1 Å². The van der Waals surface area contributed by atoms with Crippen molar-refractivity contribution in [3.63, 3.8) is 0 Å². The van der Waals surface area contributed by atoms with Crippen molar-refractivity contribution in [1.82, 2.24) is 4.98 Å². The molecular formula is C12H13BrN2. The van der Waals surface area contributed by atoms with Crippen molar-refractivity contribution in [3.8, 4) is 0 Å². The topological polar surface area (TPSA) is 38.9 Å². The molecule has 2 rings (SSSR count). The molecule has 0 radical (unpaired) electrons. The van der Waals surface area contributed by atoms with Crippen molar-refractivity contribution >= 4 is 26.8 Å². The molecule has 1 heterocycles. The zero-order valence-corrected chi connectivity index (χ0v) is 10.00. The van der Waals surface area contributed by atoms with Crippen molar-refractivity contribution in [2.24, 2.45) is 5.73 Å². The largest absolute Gasteiger partial charge is 0.330 e. The van der Waals surface area contributed by atoms with Gasteiger partial charge in [-0.25, -0.2) is 0 Å². The Kier molecular flexibility index (Phi) is 3.34. The molecule has 0 spiro atoms. The lowest BCUT2D eigenvalue weighted by molar-refractivity contribution is 0.835. The molecule has 0 aliphatic heterocycles. The van der Waals surface area contributed by atoms with Gasteiger partial charge in [0.25, 0.3) is 0 Å². The molecule has 2 aromatic rings. The maximum Gasteiger partial charge on any atom is 0.0745 e. The first kappa shape index (κ1) is 10.6. The van der Waals surface area contributed by atoms with E-state index in [0.29, 0.717) is 0 Å². The van der Waals surface area contributed by atoms with Crippen molar-refractivity contribution in [3.05, 3.63) is 40.5 Å². The monoisotopic (exact) mass is 264 g/mol. The van der Waals surface area contributed by atoms with Crippen molar-refractivity contribution in [2.45, 2.75) is 12.8 Å². The normalized spacial score (nSPS) is 10.8. The summed E-state index contributed by atoms with van der Waals surface area (Å²) < 4.78 is 1.10. The van der Waals surface area contributed by atoms with Crippen LogP contribution in [0.15, 0.2) is 34.9 Å². The van der Waals surface area contributed by atoms with Crippen LogP contribution in [-0.4, -0.2) is 11.5 Å². The number of halogens is 1. The molecule has 0 atom stereocenters. The maximum absolute atomic E-state index is 5.52. The second-order valence-corrected chi connectivity index (χ2v) is 4.35. The maximum atomic E-state index is 5.52. The van der Waals surface area contributed by atoms with Crippen LogP contribution in [0.4, 0.5) is 0 Å². The van der Waals surface area contributed by atoms with Gasteiger partial charge in [-0.15, -0.1) is 0 Å². The van der Waals surface area contributed by atoms with Crippen LogP contribution in [0.1, 0.15) is 12.0 Å². The molecule has 15 heavy (non-hydrogen) atoms. The van der Waals surface area contributed by atoms with Crippen LogP contribution >= 0.6 is 15.9 Å². The molecule has 0 aliphatic rings. The number of hydrogen-bond acceptors (Lipinski definition) is 2. The molecular weight excluding hydrogens is 252 g/mol. The average molecular weight is 265 g/mol. The Balaban J connectivity index is 2.51. The van der Waals surface area contributed by atoms with Gasteiger partial charge in [0.15, 0.2) is 0 Å². The molecule has 0 unspecified atom stereocenters. The van der Waals surface area contributed by atoms with E-state index in [2.05, 4.69) is 39.1 Å². The lowest BCUT2D eigenvalue weighted by Crippen LogP contribution is -2.01. The number of hydrogen-bond donors (Lipinski definition) is 1. The molecule has 3 heteroatoms. The van der Waals surface area contributed by atoms with Crippen LogP contribution in [0.5, 0.6) is 0 Å². The quantitative estimate of drug-likeness (QED) is 0.926. The van der Waals surface area contributed by atoms with Gasteiger partial charge in [0.1, 0.15) is 0 Å². The fourth-order valence-electron chi connectivity index (χ4n) is 1.69. The number of nitrogens with two attached hydrogens (primary N) is 1. The Morgan fingerprint density at radius 2 is 2.13 bits per heavy atom. The van der Waals surface area contributed by atoms with Gasteiger partial charge in [0.05, 0.1) is 5.52 Å². The first-order valence-corrected chi connectivity index (χ1v) is 5.84. The molecule has 0 bridgehead atoms. The van der Waals surface area contributed by atoms with E-state index in [-0.39, 0.29) is 0 Å². The van der Waals surface area contributed by atoms with Crippen molar-refractivity contribution < 1.29 is 0 Å². The number of rotatable bonds is 3. The van der Waals surface area contributed by atoms with Gasteiger partial charge in [0, 0.05) is 16.1 Å². The number of aryl methyl sites for hydroxylation is 1. The SMILES string of the molecule is NCCCc1ccc(Br)c2cccnc12. The molecule has 78 valence electrons. The van der Waals surface area contributed by atoms with Crippen LogP contribution in [0, 0.1) is 0 Å². The summed E-state index contributed by atoms with van der Waals surface area (Å²) in [4.78, 5) is 4.42. The van der Waals surface area contributed by atoms with E-state index in [1.807, 2.05) is 12.3 Å². The third-order valence-corrected chi connectivity index (χ3v) is 3.14. The number of benzene rings is 1. The average Bonchev–Trinajstić information content (AvgIpc) is 2.29. The smallest absolute Gasteiger partial charge is 0.0745 e. The lowest BCUT2D eigenvalue weighted by Gasteiger charge is -2.06. The van der Waals surface area contributed by atoms with E-state index in [0.717, 1.165) is 29.4 Å². The second kappa shape index (κ2) is 4.73. The van der Waals surface area contributed by atoms with E-state index in [1.54, 1.807) is 0 Å². The molecule has 0 saturated carbocycles. The van der Waals surface area contributed by atoms with E-state index >= 15 is 0 Å². The summed E-state index contributed by atoms with van der Waals surface area (Å²) in [6, 6.07) is 8.24. The summed E-state index contributed by atoms with van der Waals surface area (Å²) >= 11 is 3.53. The van der Waals surface area contributed by atoms with E-state index in [4.69, 9.17) is 5.73 Å². The molecule has 1 aromatic carbocycles. The highest BCUT2D eigenvalue weighted by Gasteiger charge is 2.04. The molecule has 0 saturated heterocycles. The van der Waals surface area contributed by atoms with Gasteiger partial charge in [-0.05, 0) is 37.1 Å². The highest BCUT2D eigenvalue weighted by atomic mass is 79.9. The Labute approximate surface area is 97.6 Å². The Hall–Kier alpha value is -0.930. The predicted octanol–water partition coefficient (Wildman–Crippen LogP) is 2.89. The van der Waals surface area contributed by atoms with E-state index in [9.17, 15) is 0 Å². The predicted molar refractivity (Wildman–Crippen MR) is 66.8 cm³/mol. The van der Waals surface area contributed by atoms with Crippen LogP contribution in [-0.2, 0) is 6.42 Å². The third-order valence-electron chi connectivity index (χ3n) is 2.45. The fraction of sp³-hybridized carbons (Fsp3) is 0.250. The van der Waals surface area contributed by atoms with Crippen molar-refractivity contribution in [1.29, 1.82) is 0 Å². The van der Waals surface area contributed by atoms with Crippen molar-refractivity contribution in [2.75, 3.05) is 6.54 Å². The van der Waals surface area contributed by atoms with Gasteiger partial charge in [0.2, 0.25) is 0 Å². The van der Waals surface area contributed by atoms with Gasteiger partial charge >= 0.3 is 0 Å². The van der Waals surface area contributed by atoms with E-state index < -0.39 is 0 Å². The Morgan fingerprint density at radius 3 is 2.93 bits per heavy atom. The minimum atomic E-state index is 0.727. The van der Waals surface area contributed by atoms with Gasteiger partial charge in [-0.2, -0.15) is 0 Å². The standard InChI is InChI=1S/C12H13BrN2/c13-11-6-5-9(3-1-7-14)12-10(11)4-2-8-15-12/h2,4-6,8H,1,3,7,14H2. The third kappa shape index (κ3) is 2.19. The van der Waals surface area contributed by atoms with Crippen LogP contribution in [0.2, 0.25) is 0 Å². The Bertz CT molecular complexity index is 468. The minimum absolute atomic E-state index is 0.727. The summed E-state index contributed by atoms with van der Waals surface area (Å²) in [6.07, 6.45) is 3.84. The molecule has 2 N–H and O–H groups in total. The first-order chi connectivity index (χ1) is 7.33. The van der Waals surface area contributed by atoms with Crippen LogP contribution in [0.25, 0.3) is 10.9 Å². The minimum Gasteiger partial charge on any atom is -0.330 e. The van der Waals surface area contributed by atoms with Crippen LogP contribution in [0.3, 0.4) is 0 Å². The number of pyridine rings is 1.